The lowest BCUT2D eigenvalue weighted by Gasteiger charge is -2.42. The fourth-order valence-electron chi connectivity index (χ4n) is 4.64. The lowest BCUT2D eigenvalue weighted by molar-refractivity contribution is -0.284. The van der Waals surface area contributed by atoms with Crippen molar-refractivity contribution in [1.82, 2.24) is 0 Å². The van der Waals surface area contributed by atoms with Gasteiger partial charge in [-0.1, -0.05) is 0 Å². The first-order valence-electron chi connectivity index (χ1n) is 10.5. The Morgan fingerprint density at radius 1 is 0.861 bits per heavy atom. The molecule has 0 spiro atoms. The van der Waals surface area contributed by atoms with Crippen molar-refractivity contribution in [3.63, 3.8) is 0 Å². The first-order valence-corrected chi connectivity index (χ1v) is 10.5. The van der Waals surface area contributed by atoms with E-state index in [1.54, 1.807) is 0 Å². The van der Waals surface area contributed by atoms with Gasteiger partial charge in [0, 0.05) is 11.1 Å². The summed E-state index contributed by atoms with van der Waals surface area (Å²) in [6.45, 7) is 0. The van der Waals surface area contributed by atoms with Crippen LogP contribution in [0, 0.1) is 0 Å². The predicted molar refractivity (Wildman–Crippen MR) is 109 cm³/mol. The minimum Gasteiger partial charge on any atom is -0.504 e. The maximum absolute atomic E-state index is 12.9. The number of rotatable bonds is 5. The minimum atomic E-state index is -1.95. The van der Waals surface area contributed by atoms with Crippen LogP contribution in [0.2, 0.25) is 0 Å². The van der Waals surface area contributed by atoms with Crippen molar-refractivity contribution >= 4 is 17.9 Å². The maximum atomic E-state index is 12.9. The van der Waals surface area contributed by atoms with E-state index in [9.17, 15) is 39.9 Å². The van der Waals surface area contributed by atoms with Crippen molar-refractivity contribution in [1.29, 1.82) is 0 Å². The van der Waals surface area contributed by atoms with Crippen LogP contribution < -0.4 is 0 Å². The summed E-state index contributed by atoms with van der Waals surface area (Å²) in [7, 11) is 2.47. The number of aliphatic hydroxyl groups is 4. The highest BCUT2D eigenvalue weighted by Gasteiger charge is 2.53. The Kier molecular flexibility index (Phi) is 5.55. The molecular weight excluding hydrogens is 488 g/mol. The van der Waals surface area contributed by atoms with Crippen molar-refractivity contribution in [3.8, 4) is 0 Å². The molecule has 192 valence electrons. The topological polar surface area (TPSA) is 208 Å². The number of allylic oxidation sites excluding steroid dienone is 2. The van der Waals surface area contributed by atoms with E-state index in [-0.39, 0.29) is 39.6 Å². The van der Waals surface area contributed by atoms with E-state index in [1.807, 2.05) is 0 Å². The van der Waals surface area contributed by atoms with Crippen molar-refractivity contribution < 1.29 is 68.3 Å². The molecule has 1 saturated heterocycles. The van der Waals surface area contributed by atoms with Gasteiger partial charge in [0.15, 0.2) is 41.3 Å². The molecule has 14 nitrogen and oxygen atoms in total. The second-order valence-electron chi connectivity index (χ2n) is 8.25. The molecule has 0 saturated carbocycles. The van der Waals surface area contributed by atoms with Gasteiger partial charge in [-0.3, -0.25) is 0 Å². The number of ether oxygens (including phenoxy) is 6. The second kappa shape index (κ2) is 8.37. The zero-order valence-electron chi connectivity index (χ0n) is 18.6. The van der Waals surface area contributed by atoms with Gasteiger partial charge in [0.05, 0.1) is 25.4 Å². The fraction of sp³-hybridized carbons (Fsp3) is 0.409. The Bertz CT molecular complexity index is 1220. The number of carbonyl (C=O) groups excluding carboxylic acids is 2. The fourth-order valence-corrected chi connectivity index (χ4v) is 4.64. The van der Waals surface area contributed by atoms with Gasteiger partial charge in [0.2, 0.25) is 6.29 Å². The van der Waals surface area contributed by atoms with Crippen LogP contribution in [0.3, 0.4) is 0 Å². The number of esters is 2. The van der Waals surface area contributed by atoms with Crippen molar-refractivity contribution in [2.75, 3.05) is 14.2 Å². The molecule has 0 amide bonds. The highest BCUT2D eigenvalue weighted by molar-refractivity contribution is 6.04. The van der Waals surface area contributed by atoms with Crippen LogP contribution in [0.4, 0.5) is 0 Å². The number of aliphatic carboxylic acids is 1. The van der Waals surface area contributed by atoms with E-state index in [4.69, 9.17) is 28.4 Å². The van der Waals surface area contributed by atoms with Gasteiger partial charge in [0.25, 0.3) is 0 Å². The van der Waals surface area contributed by atoms with Gasteiger partial charge in [-0.05, 0) is 12.2 Å². The molecule has 2 unspecified atom stereocenters. The van der Waals surface area contributed by atoms with Crippen LogP contribution in [0.1, 0.15) is 0 Å². The molecule has 5 N–H and O–H groups in total. The van der Waals surface area contributed by atoms with Crippen molar-refractivity contribution in [2.24, 2.45) is 0 Å². The van der Waals surface area contributed by atoms with Crippen LogP contribution in [0.15, 0.2) is 57.5 Å². The van der Waals surface area contributed by atoms with Gasteiger partial charge < -0.3 is 54.0 Å². The summed E-state index contributed by atoms with van der Waals surface area (Å²) in [4.78, 5) is 37.2. The highest BCUT2D eigenvalue weighted by Crippen LogP contribution is 2.48. The first-order chi connectivity index (χ1) is 17.1. The molecule has 0 aromatic carbocycles. The van der Waals surface area contributed by atoms with Crippen molar-refractivity contribution in [3.05, 3.63) is 57.5 Å². The minimum absolute atomic E-state index is 0.0600. The van der Waals surface area contributed by atoms with Gasteiger partial charge in [0.1, 0.15) is 18.3 Å². The van der Waals surface area contributed by atoms with Gasteiger partial charge >= 0.3 is 17.9 Å². The average Bonchev–Trinajstić information content (AvgIpc) is 2.83. The molecule has 2 aliphatic carbocycles. The molecule has 5 rings (SSSR count). The van der Waals surface area contributed by atoms with E-state index in [2.05, 4.69) is 0 Å². The number of aliphatic hydroxyl groups excluding tert-OH is 4. The standard InChI is InChI=1S/C22H20O14/c1-31-14-7(23)3-5-9-10-6(21(30)34-16(9)14)4-8(15(32-2)17(10)35-20(5)29)33-22-13(26)11(24)12(25)18(36-22)19(27)28/h3-4,11-13,16-18,22-26H,1-2H3,(H,27,28)/t11-,12-,13+,16?,17?,18-,22-/m0/s1. The maximum Gasteiger partial charge on any atom is 0.339 e. The second-order valence-corrected chi connectivity index (χ2v) is 8.25. The summed E-state index contributed by atoms with van der Waals surface area (Å²) >= 11 is 0. The Morgan fingerprint density at radius 3 is 1.97 bits per heavy atom. The smallest absolute Gasteiger partial charge is 0.339 e. The largest absolute Gasteiger partial charge is 0.504 e. The summed E-state index contributed by atoms with van der Waals surface area (Å²) in [5.41, 5.74) is 0.231. The monoisotopic (exact) mass is 508 g/mol. The number of methoxy groups -OCH3 is 2. The SMILES string of the molecule is COC1=C(O)C=C2C(=O)OC3C(OC)=C(O[C@H]4O[C@H](C(=O)O)[C@@H](O)[C@H](O)[C@H]4O)C=C4C(=O)OC1C2=C43. The Labute approximate surface area is 201 Å². The van der Waals surface area contributed by atoms with E-state index < -0.39 is 66.6 Å². The average molecular weight is 508 g/mol. The molecule has 3 aliphatic heterocycles. The van der Waals surface area contributed by atoms with E-state index in [0.717, 1.165) is 12.2 Å². The van der Waals surface area contributed by atoms with Crippen LogP contribution in [-0.2, 0) is 42.8 Å². The molecule has 0 aromatic rings. The lowest BCUT2D eigenvalue weighted by atomic mass is 9.78. The molecule has 0 bridgehead atoms. The number of carboxylic acid groups (broad SMARTS) is 1. The summed E-state index contributed by atoms with van der Waals surface area (Å²) < 4.78 is 32.2. The summed E-state index contributed by atoms with van der Waals surface area (Å²) in [6, 6.07) is 0. The van der Waals surface area contributed by atoms with E-state index in [0.29, 0.717) is 0 Å². The van der Waals surface area contributed by atoms with E-state index >= 15 is 0 Å². The molecular formula is C22H20O14. The highest BCUT2D eigenvalue weighted by atomic mass is 16.7. The third kappa shape index (κ3) is 3.30. The van der Waals surface area contributed by atoms with Crippen LogP contribution >= 0.6 is 0 Å². The molecule has 7 atom stereocenters. The molecule has 3 heterocycles. The Balaban J connectivity index is 1.59. The summed E-state index contributed by atoms with van der Waals surface area (Å²) in [6.07, 6.45) is -9.85. The number of carboxylic acids is 1. The van der Waals surface area contributed by atoms with Gasteiger partial charge in [-0.25, -0.2) is 14.4 Å². The first kappa shape index (κ1) is 23.9. The number of carbonyl (C=O) groups is 3. The molecule has 14 heteroatoms. The summed E-state index contributed by atoms with van der Waals surface area (Å²) in [5.74, 6) is -4.36. The van der Waals surface area contributed by atoms with Crippen LogP contribution in [0.25, 0.3) is 0 Å². The Morgan fingerprint density at radius 2 is 1.42 bits per heavy atom. The normalized spacial score (nSPS) is 35.3. The zero-order chi connectivity index (χ0) is 26.0. The van der Waals surface area contributed by atoms with Gasteiger partial charge in [-0.15, -0.1) is 0 Å². The third-order valence-corrected chi connectivity index (χ3v) is 6.31. The zero-order valence-corrected chi connectivity index (χ0v) is 18.6. The molecule has 5 aliphatic rings. The Hall–Kier alpha value is -3.85. The molecule has 36 heavy (non-hydrogen) atoms. The van der Waals surface area contributed by atoms with Crippen molar-refractivity contribution in [2.45, 2.75) is 42.9 Å². The lowest BCUT2D eigenvalue weighted by Crippen LogP contribution is -2.60. The quantitative estimate of drug-likeness (QED) is 0.260. The molecule has 1 fully saturated rings. The predicted octanol–water partition coefficient (Wildman–Crippen LogP) is -1.80. The third-order valence-electron chi connectivity index (χ3n) is 6.31. The number of hydrogen-bond acceptors (Lipinski definition) is 13. The van der Waals surface area contributed by atoms with Crippen LogP contribution in [0.5, 0.6) is 0 Å². The molecule has 0 aromatic heterocycles. The van der Waals surface area contributed by atoms with Crippen LogP contribution in [-0.4, -0.2) is 101 Å². The summed E-state index contributed by atoms with van der Waals surface area (Å²) in [5, 5.41) is 49.8. The number of hydrogen-bond donors (Lipinski definition) is 5. The van der Waals surface area contributed by atoms with Gasteiger partial charge in [-0.2, -0.15) is 0 Å². The molecule has 0 radical (unpaired) electrons. The van der Waals surface area contributed by atoms with E-state index in [1.165, 1.54) is 14.2 Å².